The van der Waals surface area contributed by atoms with E-state index in [1.165, 1.54) is 12.2 Å². The number of esters is 1. The first-order valence-electron chi connectivity index (χ1n) is 6.13. The van der Waals surface area contributed by atoms with Gasteiger partial charge in [-0.25, -0.2) is 9.59 Å². The van der Waals surface area contributed by atoms with Gasteiger partial charge >= 0.3 is 23.0 Å². The topological polar surface area (TPSA) is 55.7 Å². The second-order valence-electron chi connectivity index (χ2n) is 3.63. The van der Waals surface area contributed by atoms with Crippen molar-refractivity contribution in [3.05, 3.63) is 75.5 Å². The van der Waals surface area contributed by atoms with Crippen LogP contribution in [0.1, 0.15) is 6.92 Å². The zero-order valence-corrected chi connectivity index (χ0v) is 12.6. The molecule has 4 nitrogen and oxygen atoms in total. The summed E-state index contributed by atoms with van der Waals surface area (Å²) in [5.41, 5.74) is -0.0435. The molecule has 0 atom stereocenters. The van der Waals surface area contributed by atoms with Crippen molar-refractivity contribution in [3.63, 3.8) is 0 Å². The van der Waals surface area contributed by atoms with Gasteiger partial charge in [0.15, 0.2) is 5.70 Å². The van der Waals surface area contributed by atoms with E-state index in [0.29, 0.717) is 0 Å². The number of hydrogen-bond donors (Lipinski definition) is 0. The van der Waals surface area contributed by atoms with Gasteiger partial charge in [0.1, 0.15) is 0 Å². The summed E-state index contributed by atoms with van der Waals surface area (Å²) in [6.45, 7) is 1.92. The van der Waals surface area contributed by atoms with Crippen molar-refractivity contribution < 1.29 is 31.4 Å². The summed E-state index contributed by atoms with van der Waals surface area (Å²) in [7, 11) is 0. The molecule has 0 unspecified atom stereocenters. The summed E-state index contributed by atoms with van der Waals surface area (Å²) >= 11 is 0. The van der Waals surface area contributed by atoms with Crippen LogP contribution >= 0.6 is 0 Å². The van der Waals surface area contributed by atoms with Crippen LogP contribution in [0.3, 0.4) is 0 Å². The molecular formula is C16H15FeNO3+2. The predicted octanol–water partition coefficient (Wildman–Crippen LogP) is 2.19. The Hall–Kier alpha value is -0.891. The molecule has 0 bridgehead atoms. The Kier molecular flexibility index (Phi) is 12.3. The van der Waals surface area contributed by atoms with Crippen LogP contribution in [0.5, 0.6) is 0 Å². The molecule has 0 spiro atoms. The molecule has 2 rings (SSSR count). The van der Waals surface area contributed by atoms with Gasteiger partial charge < -0.3 is 4.74 Å². The summed E-state index contributed by atoms with van der Waals surface area (Å²) < 4.78 is 4.73. The second-order valence-corrected chi connectivity index (χ2v) is 3.63. The molecule has 0 aromatic rings. The van der Waals surface area contributed by atoms with E-state index < -0.39 is 5.97 Å². The van der Waals surface area contributed by atoms with Gasteiger partial charge in [0.2, 0.25) is 6.08 Å². The number of hydrogen-bond acceptors (Lipinski definition) is 4. The molecule has 0 aromatic heterocycles. The fourth-order valence-electron chi connectivity index (χ4n) is 1.35. The number of carbonyl (C=O) groups excluding carboxylic acids is 2. The average molecular weight is 325 g/mol. The number of carbonyl (C=O) groups is 1. The smallest absolute Gasteiger partial charge is 0.461 e. The van der Waals surface area contributed by atoms with E-state index in [1.807, 2.05) is 44.9 Å². The van der Waals surface area contributed by atoms with E-state index >= 15 is 0 Å². The van der Waals surface area contributed by atoms with Gasteiger partial charge in [-0.3, -0.25) is 0 Å². The first-order chi connectivity index (χ1) is 9.77. The van der Waals surface area contributed by atoms with Crippen LogP contribution in [0.2, 0.25) is 0 Å². The Balaban J connectivity index is 0.000000562. The summed E-state index contributed by atoms with van der Waals surface area (Å²) in [5.74, 6) is 0.166. The Morgan fingerprint density at radius 2 is 1.67 bits per heavy atom. The number of ether oxygens (including phenoxy) is 1. The fraction of sp³-hybridized carbons (Fsp3) is 0.125. The molecule has 0 amide bonds. The summed E-state index contributed by atoms with van der Waals surface area (Å²) in [6.07, 6.45) is 20.0. The minimum atomic E-state index is -0.623. The summed E-state index contributed by atoms with van der Waals surface area (Å²) in [5, 5.41) is 0. The maximum atomic E-state index is 11.3. The van der Waals surface area contributed by atoms with Gasteiger partial charge in [-0.05, 0) is 70.8 Å². The molecule has 0 aliphatic heterocycles. The van der Waals surface area contributed by atoms with Crippen LogP contribution in [-0.2, 0) is 31.4 Å². The third-order valence-corrected chi connectivity index (χ3v) is 2.20. The monoisotopic (exact) mass is 325 g/mol. The van der Waals surface area contributed by atoms with Crippen LogP contribution in [-0.4, -0.2) is 18.7 Å². The minimum Gasteiger partial charge on any atom is -0.461 e. The Bertz CT molecular complexity index is 358. The van der Waals surface area contributed by atoms with Crippen molar-refractivity contribution in [1.29, 1.82) is 0 Å². The summed E-state index contributed by atoms with van der Waals surface area (Å²) in [4.78, 5) is 24.7. The number of nitrogens with zero attached hydrogens (tertiary/aromatic N) is 1. The molecule has 2 aliphatic rings. The molecule has 21 heavy (non-hydrogen) atoms. The second kappa shape index (κ2) is 12.8. The Morgan fingerprint density at radius 3 is 2.10 bits per heavy atom. The largest absolute Gasteiger partial charge is 2.00 e. The zero-order valence-electron chi connectivity index (χ0n) is 11.5. The van der Waals surface area contributed by atoms with Crippen molar-refractivity contribution in [2.45, 2.75) is 6.92 Å². The minimum absolute atomic E-state index is 0. The standard InChI is InChI=1S/C11H10NO3.C5H5.Fe/c1-2-15-11(14)10(12-8-13)7-9-5-3-4-6-9;1-2-4-5-3-1;/h3-7H,2H2,1H3;1-5H;/q;;+2/b10-7-;;. The number of isocyanates is 1. The molecule has 5 heteroatoms. The molecule has 0 N–H and O–H groups in total. The number of aliphatic imine (C=N–C) groups is 1. The first-order valence-corrected chi connectivity index (χ1v) is 6.13. The van der Waals surface area contributed by atoms with Crippen LogP contribution < -0.4 is 0 Å². The Labute approximate surface area is 137 Å². The van der Waals surface area contributed by atoms with Gasteiger partial charge in [0.05, 0.1) is 6.61 Å². The van der Waals surface area contributed by atoms with Crippen LogP contribution in [0.15, 0.2) is 16.8 Å². The SMILES string of the molecule is CCOC(=O)/C(=C/[C]1[CH][CH][CH][CH]1)N=C=O.[CH]1[CH][CH][CH][CH]1.[Fe+2]. The molecule has 2 fully saturated rings. The van der Waals surface area contributed by atoms with E-state index in [1.54, 1.807) is 19.8 Å². The van der Waals surface area contributed by atoms with Crippen molar-refractivity contribution in [3.8, 4) is 0 Å². The molecule has 2 aliphatic carbocycles. The number of rotatable bonds is 4. The van der Waals surface area contributed by atoms with Gasteiger partial charge in [-0.15, -0.1) is 0 Å². The van der Waals surface area contributed by atoms with Gasteiger partial charge in [0, 0.05) is 5.92 Å². The van der Waals surface area contributed by atoms with Gasteiger partial charge in [-0.2, -0.15) is 4.99 Å². The zero-order chi connectivity index (χ0) is 14.6. The fourth-order valence-corrected chi connectivity index (χ4v) is 1.35. The molecule has 10 radical (unpaired) electrons. The van der Waals surface area contributed by atoms with Crippen molar-refractivity contribution >= 4 is 12.0 Å². The predicted molar refractivity (Wildman–Crippen MR) is 74.8 cm³/mol. The van der Waals surface area contributed by atoms with Gasteiger partial charge in [-0.1, -0.05) is 0 Å². The average Bonchev–Trinajstić information content (AvgIpc) is 3.14. The van der Waals surface area contributed by atoms with Gasteiger partial charge in [0.25, 0.3) is 0 Å². The molecule has 0 aromatic carbocycles. The summed E-state index contributed by atoms with van der Waals surface area (Å²) in [6, 6.07) is 0. The molecule has 2 saturated carbocycles. The molecule has 108 valence electrons. The van der Waals surface area contributed by atoms with Crippen LogP contribution in [0.25, 0.3) is 0 Å². The molecule has 0 heterocycles. The molecule has 0 saturated heterocycles. The maximum absolute atomic E-state index is 11.3. The van der Waals surface area contributed by atoms with Crippen molar-refractivity contribution in [2.75, 3.05) is 6.61 Å². The van der Waals surface area contributed by atoms with Crippen LogP contribution in [0, 0.1) is 63.7 Å². The van der Waals surface area contributed by atoms with E-state index in [-0.39, 0.29) is 29.4 Å². The van der Waals surface area contributed by atoms with Crippen molar-refractivity contribution in [2.24, 2.45) is 4.99 Å². The third kappa shape index (κ3) is 8.87. The quantitative estimate of drug-likeness (QED) is 0.262. The normalized spacial score (nSPS) is 18.0. The maximum Gasteiger partial charge on any atom is 2.00 e. The van der Waals surface area contributed by atoms with E-state index in [4.69, 9.17) is 4.74 Å². The Morgan fingerprint density at radius 1 is 1.14 bits per heavy atom. The first kappa shape index (κ1) is 20.1. The van der Waals surface area contributed by atoms with Crippen LogP contribution in [0.4, 0.5) is 0 Å². The van der Waals surface area contributed by atoms with E-state index in [9.17, 15) is 9.59 Å². The number of allylic oxidation sites excluding steroid dienone is 1. The van der Waals surface area contributed by atoms with E-state index in [0.717, 1.165) is 5.92 Å². The van der Waals surface area contributed by atoms with E-state index in [2.05, 4.69) is 4.99 Å². The van der Waals surface area contributed by atoms with Crippen molar-refractivity contribution in [1.82, 2.24) is 0 Å². The molecular weight excluding hydrogens is 310 g/mol. The third-order valence-electron chi connectivity index (χ3n) is 2.20.